The summed E-state index contributed by atoms with van der Waals surface area (Å²) in [7, 11) is 3.01. The summed E-state index contributed by atoms with van der Waals surface area (Å²) in [5.41, 5.74) is 6.54. The van der Waals surface area contributed by atoms with E-state index in [9.17, 15) is 9.59 Å². The minimum absolute atomic E-state index is 0.147. The van der Waals surface area contributed by atoms with Crippen LogP contribution in [0.5, 0.6) is 11.5 Å². The molecule has 0 spiro atoms. The van der Waals surface area contributed by atoms with Crippen LogP contribution in [0.25, 0.3) is 33.7 Å². The number of hydrogen-bond acceptors (Lipinski definition) is 10. The molecule has 0 saturated carbocycles. The fraction of sp³-hybridized carbons (Fsp3) is 0.179. The maximum atomic E-state index is 13.4. The van der Waals surface area contributed by atoms with Crippen LogP contribution in [0.3, 0.4) is 0 Å². The maximum absolute atomic E-state index is 13.4. The average Bonchev–Trinajstić information content (AvgIpc) is 3.91. The van der Waals surface area contributed by atoms with Gasteiger partial charge in [-0.15, -0.1) is 15.0 Å². The van der Waals surface area contributed by atoms with Gasteiger partial charge in [-0.2, -0.15) is 0 Å². The Morgan fingerprint density at radius 1 is 0.923 bits per heavy atom. The number of nitrogens with one attached hydrogen (secondary N) is 1. The van der Waals surface area contributed by atoms with E-state index in [1.807, 2.05) is 29.2 Å². The number of fused-ring (bicyclic) bond motifs is 2. The second kappa shape index (κ2) is 14.0. The monoisotopic (exact) mass is 694 g/mol. The lowest BCUT2D eigenvalue weighted by atomic mass is 9.98. The number of ether oxygens (including phenoxy) is 2. The molecule has 7 aromatic rings. The zero-order chi connectivity index (χ0) is 35.6. The SMILES string of the molecule is COc1cc(NC(=O)c2cc(=O)c3ccccc3o2)c(-c2nnn(-c3ccc(CCN4CCc5ccc(-n6ccnc6)cc5C4)cc3)n2)cc1OC. The first-order chi connectivity index (χ1) is 25.4. The van der Waals surface area contributed by atoms with Gasteiger partial charge in [0.1, 0.15) is 5.58 Å². The summed E-state index contributed by atoms with van der Waals surface area (Å²) in [4.78, 5) is 34.2. The number of rotatable bonds is 10. The molecule has 8 rings (SSSR count). The van der Waals surface area contributed by atoms with Gasteiger partial charge in [-0.25, -0.2) is 4.98 Å². The first-order valence-corrected chi connectivity index (χ1v) is 16.8. The average molecular weight is 695 g/mol. The van der Waals surface area contributed by atoms with Crippen LogP contribution < -0.4 is 20.2 Å². The third kappa shape index (κ3) is 6.52. The second-order valence-electron chi connectivity index (χ2n) is 12.4. The standard InChI is InChI=1S/C39H34N8O5/c1-50-35-20-31(32(21-36(35)51-2)41-39(49)37-22-33(48)30-5-3-4-6-34(30)52-37)38-42-44-47(43-38)28-10-7-25(8-11-28)13-16-45-17-14-26-9-12-29(19-27(26)23-45)46-18-15-40-24-46/h3-12,15,18-22,24H,13-14,16-17,23H2,1-2H3,(H,41,49). The largest absolute Gasteiger partial charge is 0.493 e. The van der Waals surface area contributed by atoms with Gasteiger partial charge in [0.25, 0.3) is 5.91 Å². The molecule has 52 heavy (non-hydrogen) atoms. The first-order valence-electron chi connectivity index (χ1n) is 16.8. The number of imidazole rings is 1. The third-order valence-electron chi connectivity index (χ3n) is 9.25. The Balaban J connectivity index is 0.978. The highest BCUT2D eigenvalue weighted by molar-refractivity contribution is 6.05. The van der Waals surface area contributed by atoms with E-state index in [-0.39, 0.29) is 17.0 Å². The number of amides is 1. The van der Waals surface area contributed by atoms with Crippen LogP contribution in [-0.2, 0) is 19.4 Å². The van der Waals surface area contributed by atoms with Gasteiger partial charge < -0.3 is 23.8 Å². The Bertz CT molecular complexity index is 2450. The zero-order valence-electron chi connectivity index (χ0n) is 28.5. The van der Waals surface area contributed by atoms with E-state index in [4.69, 9.17) is 13.9 Å². The van der Waals surface area contributed by atoms with Crippen molar-refractivity contribution < 1.29 is 18.7 Å². The first kappa shape index (κ1) is 32.6. The summed E-state index contributed by atoms with van der Waals surface area (Å²) in [5.74, 6) is 0.238. The lowest BCUT2D eigenvalue weighted by molar-refractivity contribution is 0.0997. The van der Waals surface area contributed by atoms with Crippen molar-refractivity contribution in [2.75, 3.05) is 32.6 Å². The van der Waals surface area contributed by atoms with Crippen LogP contribution in [-0.4, -0.2) is 67.9 Å². The molecular formula is C39H34N8O5. The number of aromatic nitrogens is 6. The fourth-order valence-corrected chi connectivity index (χ4v) is 6.45. The predicted octanol–water partition coefficient (Wildman–Crippen LogP) is 5.49. The number of hydrogen-bond donors (Lipinski definition) is 1. The molecule has 3 aromatic heterocycles. The van der Waals surface area contributed by atoms with Crippen LogP contribution in [0.15, 0.2) is 113 Å². The highest BCUT2D eigenvalue weighted by Crippen LogP contribution is 2.38. The van der Waals surface area contributed by atoms with Crippen LogP contribution in [0.2, 0.25) is 0 Å². The van der Waals surface area contributed by atoms with Crippen LogP contribution in [0.4, 0.5) is 5.69 Å². The van der Waals surface area contributed by atoms with Crippen LogP contribution >= 0.6 is 0 Å². The smallest absolute Gasteiger partial charge is 0.291 e. The van der Waals surface area contributed by atoms with Gasteiger partial charge in [0.05, 0.1) is 42.9 Å². The number of anilines is 1. The second-order valence-corrected chi connectivity index (χ2v) is 12.4. The Hall–Kier alpha value is -6.60. The Morgan fingerprint density at radius 2 is 1.73 bits per heavy atom. The molecule has 0 bridgehead atoms. The van der Waals surface area contributed by atoms with E-state index in [2.05, 4.69) is 60.9 Å². The number of carbonyl (C=O) groups excluding carboxylic acids is 1. The summed E-state index contributed by atoms with van der Waals surface area (Å²) < 4.78 is 18.8. The van der Waals surface area contributed by atoms with Gasteiger partial charge in [0, 0.05) is 49.8 Å². The number of nitrogens with zero attached hydrogens (tertiary/aromatic N) is 7. The van der Waals surface area contributed by atoms with Crippen molar-refractivity contribution in [1.82, 2.24) is 34.7 Å². The topological polar surface area (TPSA) is 142 Å². The molecule has 0 radical (unpaired) electrons. The molecule has 0 atom stereocenters. The molecule has 0 fully saturated rings. The Kier molecular flexibility index (Phi) is 8.75. The van der Waals surface area contributed by atoms with E-state index in [0.29, 0.717) is 33.7 Å². The molecule has 13 nitrogen and oxygen atoms in total. The van der Waals surface area contributed by atoms with E-state index >= 15 is 0 Å². The molecule has 13 heteroatoms. The minimum atomic E-state index is -0.632. The number of tetrazole rings is 1. The van der Waals surface area contributed by atoms with E-state index in [0.717, 1.165) is 43.9 Å². The summed E-state index contributed by atoms with van der Waals surface area (Å²) in [5, 5.41) is 16.4. The van der Waals surface area contributed by atoms with Gasteiger partial charge >= 0.3 is 0 Å². The van der Waals surface area contributed by atoms with Gasteiger partial charge in [-0.3, -0.25) is 14.5 Å². The molecule has 1 aliphatic heterocycles. The van der Waals surface area contributed by atoms with Crippen molar-refractivity contribution >= 4 is 22.6 Å². The highest BCUT2D eigenvalue weighted by Gasteiger charge is 2.21. The molecule has 1 amide bonds. The normalized spacial score (nSPS) is 12.8. The highest BCUT2D eigenvalue weighted by atomic mass is 16.5. The van der Waals surface area contributed by atoms with Crippen molar-refractivity contribution in [3.8, 4) is 34.3 Å². The number of benzene rings is 4. The zero-order valence-corrected chi connectivity index (χ0v) is 28.5. The minimum Gasteiger partial charge on any atom is -0.493 e. The van der Waals surface area contributed by atoms with Gasteiger partial charge in [0.2, 0.25) is 5.82 Å². The van der Waals surface area contributed by atoms with Gasteiger partial charge in [-0.05, 0) is 77.2 Å². The van der Waals surface area contributed by atoms with Crippen LogP contribution in [0.1, 0.15) is 27.2 Å². The van der Waals surface area contributed by atoms with Crippen molar-refractivity contribution in [1.29, 1.82) is 0 Å². The third-order valence-corrected chi connectivity index (χ3v) is 9.25. The quantitative estimate of drug-likeness (QED) is 0.195. The predicted molar refractivity (Wildman–Crippen MR) is 194 cm³/mol. The summed E-state index contributed by atoms with van der Waals surface area (Å²) in [6, 6.07) is 25.9. The van der Waals surface area contributed by atoms with Crippen molar-refractivity contribution in [2.24, 2.45) is 0 Å². The van der Waals surface area contributed by atoms with Gasteiger partial charge in [0.15, 0.2) is 22.7 Å². The summed E-state index contributed by atoms with van der Waals surface area (Å²) >= 11 is 0. The van der Waals surface area contributed by atoms with Crippen molar-refractivity contribution in [2.45, 2.75) is 19.4 Å². The molecule has 1 N–H and O–H groups in total. The van der Waals surface area contributed by atoms with Gasteiger partial charge in [-0.1, -0.05) is 30.3 Å². The molecular weight excluding hydrogens is 660 g/mol. The molecule has 1 aliphatic rings. The molecule has 0 unspecified atom stereocenters. The molecule has 0 saturated heterocycles. The molecule has 4 heterocycles. The Labute approximate surface area is 298 Å². The lowest BCUT2D eigenvalue weighted by Crippen LogP contribution is -2.32. The summed E-state index contributed by atoms with van der Waals surface area (Å²) in [6.07, 6.45) is 7.52. The van der Waals surface area contributed by atoms with Crippen LogP contribution in [0, 0.1) is 0 Å². The summed E-state index contributed by atoms with van der Waals surface area (Å²) in [6.45, 7) is 2.88. The molecule has 260 valence electrons. The van der Waals surface area contributed by atoms with E-state index in [1.165, 1.54) is 41.8 Å². The number of methoxy groups -OCH3 is 2. The lowest BCUT2D eigenvalue weighted by Gasteiger charge is -2.29. The molecule has 4 aromatic carbocycles. The fourth-order valence-electron chi connectivity index (χ4n) is 6.45. The maximum Gasteiger partial charge on any atom is 0.291 e. The number of para-hydroxylation sites is 1. The van der Waals surface area contributed by atoms with Crippen molar-refractivity contribution in [3.63, 3.8) is 0 Å². The van der Waals surface area contributed by atoms with E-state index in [1.54, 1.807) is 42.6 Å². The van der Waals surface area contributed by atoms with E-state index < -0.39 is 5.91 Å². The van der Waals surface area contributed by atoms with Crippen molar-refractivity contribution in [3.05, 3.63) is 136 Å². The number of carbonyl (C=O) groups is 1. The Morgan fingerprint density at radius 3 is 2.54 bits per heavy atom. The molecule has 0 aliphatic carbocycles.